The van der Waals surface area contributed by atoms with Crippen LogP contribution in [0.25, 0.3) is 11.4 Å². The summed E-state index contributed by atoms with van der Waals surface area (Å²) in [6.45, 7) is 4.92. The lowest BCUT2D eigenvalue weighted by molar-refractivity contribution is 0.415. The number of hydrogen-bond donors (Lipinski definition) is 1. The molecule has 1 heterocycles. The number of aromatic nitrogens is 2. The van der Waals surface area contributed by atoms with Crippen molar-refractivity contribution in [3.63, 3.8) is 0 Å². The van der Waals surface area contributed by atoms with E-state index in [0.717, 1.165) is 44.7 Å². The first-order valence-electron chi connectivity index (χ1n) is 6.74. The Morgan fingerprint density at radius 1 is 1.19 bits per heavy atom. The van der Waals surface area contributed by atoms with E-state index < -0.39 is 0 Å². The third-order valence-corrected chi connectivity index (χ3v) is 4.54. The zero-order valence-electron chi connectivity index (χ0n) is 12.2. The predicted octanol–water partition coefficient (Wildman–Crippen LogP) is 4.67. The van der Waals surface area contributed by atoms with E-state index in [4.69, 9.17) is 4.74 Å². The summed E-state index contributed by atoms with van der Waals surface area (Å²) in [6.07, 6.45) is 0.829. The topological polar surface area (TPSA) is 47.0 Å². The van der Waals surface area contributed by atoms with Gasteiger partial charge in [-0.3, -0.25) is 0 Å². The Hall–Kier alpha value is -1.14. The first kappa shape index (κ1) is 16.2. The molecule has 6 heteroatoms. The molecule has 0 aliphatic carbocycles. The fraction of sp³-hybridized carbons (Fsp3) is 0.333. The van der Waals surface area contributed by atoms with Crippen molar-refractivity contribution in [1.29, 1.82) is 0 Å². The zero-order chi connectivity index (χ0) is 15.4. The summed E-state index contributed by atoms with van der Waals surface area (Å²) < 4.78 is 7.15. The highest BCUT2D eigenvalue weighted by Gasteiger charge is 2.14. The van der Waals surface area contributed by atoms with Gasteiger partial charge in [0.2, 0.25) is 0 Å². The normalized spacial score (nSPS) is 10.5. The summed E-state index contributed by atoms with van der Waals surface area (Å²) in [5.41, 5.74) is 1.89. The first-order chi connectivity index (χ1) is 10.1. The third kappa shape index (κ3) is 3.55. The quantitative estimate of drug-likeness (QED) is 0.771. The minimum Gasteiger partial charge on any atom is -0.497 e. The van der Waals surface area contributed by atoms with Crippen molar-refractivity contribution < 1.29 is 4.74 Å². The fourth-order valence-electron chi connectivity index (χ4n) is 1.94. The second-order valence-electron chi connectivity index (χ2n) is 4.39. The van der Waals surface area contributed by atoms with Crippen LogP contribution in [0.15, 0.2) is 27.1 Å². The Balaban J connectivity index is 2.60. The van der Waals surface area contributed by atoms with Crippen LogP contribution in [0.4, 0.5) is 5.82 Å². The summed E-state index contributed by atoms with van der Waals surface area (Å²) in [4.78, 5) is 9.28. The average Bonchev–Trinajstić information content (AvgIpc) is 2.50. The molecule has 21 heavy (non-hydrogen) atoms. The summed E-state index contributed by atoms with van der Waals surface area (Å²) in [6, 6.07) is 5.78. The van der Waals surface area contributed by atoms with Crippen molar-refractivity contribution in [3.05, 3.63) is 32.8 Å². The van der Waals surface area contributed by atoms with Crippen molar-refractivity contribution >= 4 is 37.7 Å². The molecular weight excluding hydrogens is 398 g/mol. The van der Waals surface area contributed by atoms with Gasteiger partial charge >= 0.3 is 0 Å². The van der Waals surface area contributed by atoms with Gasteiger partial charge in [0, 0.05) is 16.6 Å². The lowest BCUT2D eigenvalue weighted by atomic mass is 10.2. The highest BCUT2D eigenvalue weighted by Crippen LogP contribution is 2.33. The van der Waals surface area contributed by atoms with Gasteiger partial charge < -0.3 is 10.1 Å². The monoisotopic (exact) mass is 413 g/mol. The minimum absolute atomic E-state index is 0.678. The molecule has 0 radical (unpaired) electrons. The molecule has 1 aromatic carbocycles. The smallest absolute Gasteiger partial charge is 0.163 e. The maximum absolute atomic E-state index is 5.29. The van der Waals surface area contributed by atoms with Crippen LogP contribution in [0.3, 0.4) is 0 Å². The van der Waals surface area contributed by atoms with Gasteiger partial charge in [0.15, 0.2) is 5.82 Å². The number of nitrogens with zero attached hydrogens (tertiary/aromatic N) is 2. The van der Waals surface area contributed by atoms with Gasteiger partial charge in [-0.2, -0.15) is 0 Å². The largest absolute Gasteiger partial charge is 0.497 e. The van der Waals surface area contributed by atoms with Gasteiger partial charge in [-0.05, 0) is 47.5 Å². The van der Waals surface area contributed by atoms with E-state index in [1.54, 1.807) is 7.11 Å². The molecular formula is C15H17Br2N3O. The van der Waals surface area contributed by atoms with Crippen molar-refractivity contribution in [2.24, 2.45) is 0 Å². The Morgan fingerprint density at radius 3 is 2.57 bits per heavy atom. The molecule has 0 spiro atoms. The molecule has 0 saturated heterocycles. The maximum Gasteiger partial charge on any atom is 0.163 e. The van der Waals surface area contributed by atoms with Crippen LogP contribution in [-0.2, 0) is 6.42 Å². The van der Waals surface area contributed by atoms with Crippen LogP contribution in [0.2, 0.25) is 0 Å². The van der Waals surface area contributed by atoms with Gasteiger partial charge in [0.25, 0.3) is 0 Å². The van der Waals surface area contributed by atoms with Crippen LogP contribution in [-0.4, -0.2) is 23.6 Å². The van der Waals surface area contributed by atoms with Crippen molar-refractivity contribution in [3.8, 4) is 17.1 Å². The number of halogens is 2. The number of aryl methyl sites for hydroxylation is 1. The predicted molar refractivity (Wildman–Crippen MR) is 93.0 cm³/mol. The average molecular weight is 415 g/mol. The van der Waals surface area contributed by atoms with Crippen molar-refractivity contribution in [2.45, 2.75) is 20.3 Å². The van der Waals surface area contributed by atoms with E-state index in [-0.39, 0.29) is 0 Å². The standard InChI is InChI=1S/C15H17Br2N3O/c1-4-12-13(17)15(18-5-2)20-14(19-12)10-8-9(21-3)6-7-11(10)16/h6-8H,4-5H2,1-3H3,(H,18,19,20). The Kier molecular flexibility index (Phi) is 5.58. The fourth-order valence-corrected chi connectivity index (χ4v) is 2.96. The highest BCUT2D eigenvalue weighted by atomic mass is 79.9. The minimum atomic E-state index is 0.678. The lowest BCUT2D eigenvalue weighted by Gasteiger charge is -2.13. The summed E-state index contributed by atoms with van der Waals surface area (Å²) in [5.74, 6) is 2.27. The van der Waals surface area contributed by atoms with Gasteiger partial charge in [0.1, 0.15) is 11.6 Å². The van der Waals surface area contributed by atoms with Crippen LogP contribution < -0.4 is 10.1 Å². The van der Waals surface area contributed by atoms with Crippen LogP contribution in [0.1, 0.15) is 19.5 Å². The number of methoxy groups -OCH3 is 1. The summed E-state index contributed by atoms with van der Waals surface area (Å²) in [7, 11) is 1.65. The first-order valence-corrected chi connectivity index (χ1v) is 8.33. The molecule has 0 saturated carbocycles. The van der Waals surface area contributed by atoms with Gasteiger partial charge in [-0.15, -0.1) is 0 Å². The Morgan fingerprint density at radius 2 is 1.95 bits per heavy atom. The van der Waals surface area contributed by atoms with Gasteiger partial charge in [-0.25, -0.2) is 9.97 Å². The maximum atomic E-state index is 5.29. The number of nitrogens with one attached hydrogen (secondary N) is 1. The molecule has 112 valence electrons. The van der Waals surface area contributed by atoms with E-state index >= 15 is 0 Å². The third-order valence-electron chi connectivity index (χ3n) is 3.01. The molecule has 0 unspecified atom stereocenters. The highest BCUT2D eigenvalue weighted by molar-refractivity contribution is 9.11. The molecule has 0 aliphatic rings. The van der Waals surface area contributed by atoms with Crippen molar-refractivity contribution in [2.75, 3.05) is 19.0 Å². The molecule has 2 rings (SSSR count). The molecule has 2 aromatic rings. The molecule has 1 aromatic heterocycles. The van der Waals surface area contributed by atoms with E-state index in [1.165, 1.54) is 0 Å². The SMILES string of the molecule is CCNc1nc(-c2cc(OC)ccc2Br)nc(CC)c1Br. The van der Waals surface area contributed by atoms with Gasteiger partial charge in [-0.1, -0.05) is 22.9 Å². The molecule has 0 aliphatic heterocycles. The molecule has 0 atom stereocenters. The Labute approximate surface area is 141 Å². The van der Waals surface area contributed by atoms with Crippen LogP contribution in [0.5, 0.6) is 5.75 Å². The molecule has 0 bridgehead atoms. The second kappa shape index (κ2) is 7.22. The van der Waals surface area contributed by atoms with Crippen LogP contribution in [0, 0.1) is 0 Å². The number of hydrogen-bond acceptors (Lipinski definition) is 4. The number of benzene rings is 1. The Bertz CT molecular complexity index is 647. The van der Waals surface area contributed by atoms with E-state index in [0.29, 0.717) is 5.82 Å². The molecule has 0 fully saturated rings. The van der Waals surface area contributed by atoms with Crippen molar-refractivity contribution in [1.82, 2.24) is 9.97 Å². The van der Waals surface area contributed by atoms with Crippen LogP contribution >= 0.6 is 31.9 Å². The number of anilines is 1. The second-order valence-corrected chi connectivity index (χ2v) is 6.03. The molecule has 4 nitrogen and oxygen atoms in total. The van der Waals surface area contributed by atoms with E-state index in [1.807, 2.05) is 25.1 Å². The lowest BCUT2D eigenvalue weighted by Crippen LogP contribution is -2.06. The summed E-state index contributed by atoms with van der Waals surface area (Å²) in [5, 5.41) is 3.26. The van der Waals surface area contributed by atoms with E-state index in [2.05, 4.69) is 54.1 Å². The molecule has 0 amide bonds. The number of ether oxygens (including phenoxy) is 1. The zero-order valence-corrected chi connectivity index (χ0v) is 15.4. The number of rotatable bonds is 5. The molecule has 1 N–H and O–H groups in total. The summed E-state index contributed by atoms with van der Waals surface area (Å²) >= 11 is 7.13. The van der Waals surface area contributed by atoms with E-state index in [9.17, 15) is 0 Å². The van der Waals surface area contributed by atoms with Gasteiger partial charge in [0.05, 0.1) is 17.3 Å².